The number of hydrogen-bond donors (Lipinski definition) is 1. The summed E-state index contributed by atoms with van der Waals surface area (Å²) in [5.41, 5.74) is 0.127. The third kappa shape index (κ3) is 6.40. The van der Waals surface area contributed by atoms with Crippen LogP contribution in [0.25, 0.3) is 0 Å². The first-order valence-electron chi connectivity index (χ1n) is 5.08. The molecule has 1 aromatic rings. The number of sulfonamides is 1. The van der Waals surface area contributed by atoms with Crippen molar-refractivity contribution in [2.24, 2.45) is 0 Å². The molecule has 0 fully saturated rings. The van der Waals surface area contributed by atoms with Crippen molar-refractivity contribution in [2.75, 3.05) is 22.1 Å². The van der Waals surface area contributed by atoms with Crippen molar-refractivity contribution >= 4 is 39.1 Å². The fraction of sp³-hybridized carbons (Fsp3) is 0.400. The van der Waals surface area contributed by atoms with Gasteiger partial charge < -0.3 is 0 Å². The summed E-state index contributed by atoms with van der Waals surface area (Å²) in [4.78, 5) is 0.220. The van der Waals surface area contributed by atoms with Gasteiger partial charge in [-0.1, -0.05) is 12.1 Å². The van der Waals surface area contributed by atoms with Crippen molar-refractivity contribution in [3.63, 3.8) is 0 Å². The molecule has 1 rings (SSSR count). The lowest BCUT2D eigenvalue weighted by molar-refractivity contribution is -0.105. The number of benzene rings is 1. The molecule has 0 spiro atoms. The Morgan fingerprint density at radius 1 is 1.26 bits per heavy atom. The summed E-state index contributed by atoms with van der Waals surface area (Å²) in [6, 6.07) is 5.91. The molecule has 0 saturated heterocycles. The molecule has 0 unspecified atom stereocenters. The first-order chi connectivity index (χ1) is 8.73. The molecule has 3 nitrogen and oxygen atoms in total. The normalized spacial score (nSPS) is 12.4. The van der Waals surface area contributed by atoms with E-state index in [2.05, 4.69) is 4.72 Å². The van der Waals surface area contributed by atoms with Gasteiger partial charge in [0.25, 0.3) is 0 Å². The number of halogens is 4. The van der Waals surface area contributed by atoms with E-state index in [0.29, 0.717) is 11.8 Å². The Bertz CT molecular complexity index is 520. The van der Waals surface area contributed by atoms with Gasteiger partial charge in [0.2, 0.25) is 10.0 Å². The van der Waals surface area contributed by atoms with Gasteiger partial charge in [-0.05, 0) is 12.1 Å². The highest BCUT2D eigenvalue weighted by molar-refractivity contribution is 7.99. The molecular weight excluding hydrogens is 323 g/mol. The Morgan fingerprint density at radius 3 is 2.47 bits per heavy atom. The quantitative estimate of drug-likeness (QED) is 0.641. The molecule has 0 saturated carbocycles. The Morgan fingerprint density at radius 2 is 1.89 bits per heavy atom. The number of anilines is 1. The fourth-order valence-electron chi connectivity index (χ4n) is 1.16. The molecule has 0 aliphatic carbocycles. The molecule has 0 aliphatic heterocycles. The molecule has 0 aromatic heterocycles. The van der Waals surface area contributed by atoms with Gasteiger partial charge in [-0.3, -0.25) is 4.72 Å². The Balaban J connectivity index is 2.84. The van der Waals surface area contributed by atoms with Crippen LogP contribution in [0.1, 0.15) is 0 Å². The van der Waals surface area contributed by atoms with Crippen LogP contribution in [0.4, 0.5) is 18.9 Å². The lowest BCUT2D eigenvalue weighted by Gasteiger charge is -2.12. The average molecular weight is 334 g/mol. The smallest absolute Gasteiger partial charge is 0.282 e. The first-order valence-corrected chi connectivity index (χ1v) is 8.26. The third-order valence-corrected chi connectivity index (χ3v) is 4.71. The van der Waals surface area contributed by atoms with Crippen LogP contribution in [0.5, 0.6) is 0 Å². The van der Waals surface area contributed by atoms with Gasteiger partial charge in [-0.25, -0.2) is 8.42 Å². The summed E-state index contributed by atoms with van der Waals surface area (Å²) in [5, 5.41) is 0. The van der Waals surface area contributed by atoms with Gasteiger partial charge in [-0.2, -0.15) is 13.2 Å². The number of rotatable bonds is 6. The lowest BCUT2D eigenvalue weighted by Crippen LogP contribution is -2.18. The summed E-state index contributed by atoms with van der Waals surface area (Å²) < 4.78 is 61.7. The van der Waals surface area contributed by atoms with E-state index in [1.54, 1.807) is 0 Å². The highest BCUT2D eigenvalue weighted by Crippen LogP contribution is 2.32. The van der Waals surface area contributed by atoms with Crippen molar-refractivity contribution in [3.05, 3.63) is 24.3 Å². The molecule has 0 heterocycles. The number of hydrogen-bond acceptors (Lipinski definition) is 3. The van der Waals surface area contributed by atoms with Crippen molar-refractivity contribution in [2.45, 2.75) is 11.1 Å². The van der Waals surface area contributed by atoms with E-state index in [1.165, 1.54) is 24.3 Å². The predicted octanol–water partition coefficient (Wildman–Crippen LogP) is 3.32. The molecule has 0 amide bonds. The molecule has 1 N–H and O–H groups in total. The highest BCUT2D eigenvalue weighted by Gasteiger charge is 2.27. The van der Waals surface area contributed by atoms with Crippen LogP contribution in [-0.4, -0.2) is 32.0 Å². The summed E-state index contributed by atoms with van der Waals surface area (Å²) >= 11 is 5.87. The van der Waals surface area contributed by atoms with Gasteiger partial charge in [0, 0.05) is 10.8 Å². The number of para-hydroxylation sites is 1. The third-order valence-electron chi connectivity index (χ3n) is 1.89. The largest absolute Gasteiger partial charge is 0.398 e. The summed E-state index contributed by atoms with van der Waals surface area (Å²) in [5.74, 6) is -1.47. The monoisotopic (exact) mass is 333 g/mol. The van der Waals surface area contributed by atoms with Gasteiger partial charge in [0.1, 0.15) is 0 Å². The lowest BCUT2D eigenvalue weighted by atomic mass is 10.3. The van der Waals surface area contributed by atoms with Gasteiger partial charge >= 0.3 is 6.18 Å². The maximum Gasteiger partial charge on any atom is 0.398 e. The molecule has 108 valence electrons. The molecule has 0 radical (unpaired) electrons. The van der Waals surface area contributed by atoms with Crippen LogP contribution < -0.4 is 4.72 Å². The zero-order valence-electron chi connectivity index (χ0n) is 9.58. The summed E-state index contributed by atoms with van der Waals surface area (Å²) in [6.07, 6.45) is -4.31. The Labute approximate surface area is 118 Å². The van der Waals surface area contributed by atoms with E-state index in [0.717, 1.165) is 0 Å². The number of thioether (sulfide) groups is 1. The summed E-state index contributed by atoms with van der Waals surface area (Å²) in [7, 11) is -3.64. The van der Waals surface area contributed by atoms with Gasteiger partial charge in [0.15, 0.2) is 0 Å². The molecule has 0 aliphatic rings. The Hall–Kier alpha value is -0.600. The van der Waals surface area contributed by atoms with Gasteiger partial charge in [0.05, 0.1) is 17.2 Å². The standard InChI is InChI=1S/C10H11ClF3NO2S2/c11-5-6-19(16,17)15-8-3-1-2-4-9(8)18-7-10(12,13)14/h1-4,15H,5-7H2. The molecule has 0 atom stereocenters. The van der Waals surface area contributed by atoms with Crippen LogP contribution in [0.3, 0.4) is 0 Å². The fourth-order valence-corrected chi connectivity index (χ4v) is 3.42. The van der Waals surface area contributed by atoms with Crippen LogP contribution in [0.2, 0.25) is 0 Å². The first kappa shape index (κ1) is 16.5. The van der Waals surface area contributed by atoms with Crippen molar-refractivity contribution in [3.8, 4) is 0 Å². The van der Waals surface area contributed by atoms with Crippen LogP contribution in [-0.2, 0) is 10.0 Å². The minimum atomic E-state index is -4.31. The van der Waals surface area contributed by atoms with E-state index in [9.17, 15) is 21.6 Å². The topological polar surface area (TPSA) is 46.2 Å². The average Bonchev–Trinajstić information content (AvgIpc) is 2.26. The predicted molar refractivity (Wildman–Crippen MR) is 71.4 cm³/mol. The van der Waals surface area contributed by atoms with Crippen molar-refractivity contribution in [1.82, 2.24) is 0 Å². The van der Waals surface area contributed by atoms with Crippen molar-refractivity contribution in [1.29, 1.82) is 0 Å². The SMILES string of the molecule is O=S(=O)(CCCl)Nc1ccccc1SCC(F)(F)F. The number of nitrogens with one attached hydrogen (secondary N) is 1. The zero-order valence-corrected chi connectivity index (χ0v) is 12.0. The Kier molecular flexibility index (Phi) is 5.82. The van der Waals surface area contributed by atoms with E-state index in [-0.39, 0.29) is 22.2 Å². The van der Waals surface area contributed by atoms with Crippen LogP contribution >= 0.6 is 23.4 Å². The maximum absolute atomic E-state index is 12.2. The minimum Gasteiger partial charge on any atom is -0.282 e. The molecular formula is C10H11ClF3NO2S2. The van der Waals surface area contributed by atoms with Crippen LogP contribution in [0, 0.1) is 0 Å². The maximum atomic E-state index is 12.2. The van der Waals surface area contributed by atoms with E-state index < -0.39 is 22.0 Å². The molecule has 1 aromatic carbocycles. The zero-order chi connectivity index (χ0) is 14.5. The second-order valence-electron chi connectivity index (χ2n) is 3.51. The second-order valence-corrected chi connectivity index (χ2v) is 6.75. The number of alkyl halides is 4. The molecule has 19 heavy (non-hydrogen) atoms. The molecule has 0 bridgehead atoms. The van der Waals surface area contributed by atoms with E-state index >= 15 is 0 Å². The van der Waals surface area contributed by atoms with Crippen LogP contribution in [0.15, 0.2) is 29.2 Å². The summed E-state index contributed by atoms with van der Waals surface area (Å²) in [6.45, 7) is 0. The van der Waals surface area contributed by atoms with E-state index in [4.69, 9.17) is 11.6 Å². The highest BCUT2D eigenvalue weighted by atomic mass is 35.5. The molecule has 9 heteroatoms. The van der Waals surface area contributed by atoms with Crippen molar-refractivity contribution < 1.29 is 21.6 Å². The van der Waals surface area contributed by atoms with E-state index in [1.807, 2.05) is 0 Å². The minimum absolute atomic E-state index is 0.0901. The second kappa shape index (κ2) is 6.71. The van der Waals surface area contributed by atoms with Gasteiger partial charge in [-0.15, -0.1) is 23.4 Å².